The topological polar surface area (TPSA) is 81.4 Å². The molecule has 0 spiro atoms. The molecule has 1 aliphatic rings. The van der Waals surface area contributed by atoms with E-state index < -0.39 is 11.9 Å². The second kappa shape index (κ2) is 5.53. The van der Waals surface area contributed by atoms with Gasteiger partial charge in [0, 0.05) is 19.5 Å². The number of nitriles is 1. The van der Waals surface area contributed by atoms with Gasteiger partial charge in [-0.15, -0.1) is 0 Å². The third kappa shape index (κ3) is 2.91. The van der Waals surface area contributed by atoms with Crippen LogP contribution in [0.25, 0.3) is 0 Å². The molecular weight excluding hydrogens is 244 g/mol. The van der Waals surface area contributed by atoms with Gasteiger partial charge in [0.25, 0.3) is 0 Å². The molecule has 19 heavy (non-hydrogen) atoms. The number of carbonyl (C=O) groups is 2. The summed E-state index contributed by atoms with van der Waals surface area (Å²) in [6.07, 6.45) is 0.649. The first-order valence-electron chi connectivity index (χ1n) is 6.10. The molecule has 1 fully saturated rings. The van der Waals surface area contributed by atoms with E-state index in [9.17, 15) is 9.59 Å². The number of amides is 1. The van der Waals surface area contributed by atoms with Crippen molar-refractivity contribution < 1.29 is 14.7 Å². The zero-order valence-electron chi connectivity index (χ0n) is 10.4. The predicted octanol–water partition coefficient (Wildman–Crippen LogP) is 1.38. The van der Waals surface area contributed by atoms with Gasteiger partial charge in [0.2, 0.25) is 5.91 Å². The maximum atomic E-state index is 11.8. The standard InChI is InChI=1S/C14H14N2O3/c15-7-10-3-1-2-4-11(10)8-16-9-12(14(18)19)5-6-13(16)17/h1-4,12H,5-6,8-9H2,(H,18,19). The zero-order chi connectivity index (χ0) is 13.8. The lowest BCUT2D eigenvalue weighted by Gasteiger charge is -2.30. The van der Waals surface area contributed by atoms with Gasteiger partial charge < -0.3 is 10.0 Å². The highest BCUT2D eigenvalue weighted by Gasteiger charge is 2.30. The average Bonchev–Trinajstić information content (AvgIpc) is 2.41. The molecule has 0 aliphatic carbocycles. The Morgan fingerprint density at radius 1 is 1.47 bits per heavy atom. The molecule has 1 unspecified atom stereocenters. The van der Waals surface area contributed by atoms with Gasteiger partial charge in [-0.3, -0.25) is 9.59 Å². The summed E-state index contributed by atoms with van der Waals surface area (Å²) in [5, 5.41) is 18.0. The largest absolute Gasteiger partial charge is 0.481 e. The number of likely N-dealkylation sites (tertiary alicyclic amines) is 1. The van der Waals surface area contributed by atoms with E-state index in [1.807, 2.05) is 0 Å². The fourth-order valence-electron chi connectivity index (χ4n) is 2.24. The van der Waals surface area contributed by atoms with E-state index in [4.69, 9.17) is 10.4 Å². The molecule has 0 aromatic heterocycles. The number of rotatable bonds is 3. The molecular formula is C14H14N2O3. The molecule has 1 aliphatic heterocycles. The second-order valence-electron chi connectivity index (χ2n) is 4.62. The number of carbonyl (C=O) groups excluding carboxylic acids is 1. The number of carboxylic acids is 1. The molecule has 1 aromatic rings. The van der Waals surface area contributed by atoms with Crippen LogP contribution in [0.4, 0.5) is 0 Å². The van der Waals surface area contributed by atoms with Crippen molar-refractivity contribution in [3.63, 3.8) is 0 Å². The van der Waals surface area contributed by atoms with E-state index in [0.29, 0.717) is 18.5 Å². The molecule has 1 heterocycles. The molecule has 5 heteroatoms. The fourth-order valence-corrected chi connectivity index (χ4v) is 2.24. The van der Waals surface area contributed by atoms with Gasteiger partial charge in [0.05, 0.1) is 17.6 Å². The summed E-state index contributed by atoms with van der Waals surface area (Å²) in [5.74, 6) is -1.43. The lowest BCUT2D eigenvalue weighted by Crippen LogP contribution is -2.42. The van der Waals surface area contributed by atoms with Crippen molar-refractivity contribution >= 4 is 11.9 Å². The van der Waals surface area contributed by atoms with Crippen LogP contribution in [0, 0.1) is 17.2 Å². The monoisotopic (exact) mass is 258 g/mol. The van der Waals surface area contributed by atoms with E-state index in [-0.39, 0.29) is 18.9 Å². The number of benzene rings is 1. The Kier molecular flexibility index (Phi) is 3.81. The molecule has 1 N–H and O–H groups in total. The molecule has 1 aromatic carbocycles. The number of hydrogen-bond acceptors (Lipinski definition) is 3. The molecule has 2 rings (SSSR count). The summed E-state index contributed by atoms with van der Waals surface area (Å²) in [6.45, 7) is 0.514. The number of aliphatic carboxylic acids is 1. The van der Waals surface area contributed by atoms with E-state index in [0.717, 1.165) is 5.56 Å². The Balaban J connectivity index is 2.15. The Labute approximate surface area is 111 Å². The Hall–Kier alpha value is -2.35. The molecule has 5 nitrogen and oxygen atoms in total. The van der Waals surface area contributed by atoms with Crippen LogP contribution in [0.15, 0.2) is 24.3 Å². The SMILES string of the molecule is N#Cc1ccccc1CN1CC(C(=O)O)CCC1=O. The first-order chi connectivity index (χ1) is 9.11. The minimum absolute atomic E-state index is 0.0507. The number of nitrogens with zero attached hydrogens (tertiary/aromatic N) is 2. The summed E-state index contributed by atoms with van der Waals surface area (Å²) < 4.78 is 0. The van der Waals surface area contributed by atoms with Crippen LogP contribution in [-0.4, -0.2) is 28.4 Å². The van der Waals surface area contributed by atoms with Crippen molar-refractivity contribution in [3.8, 4) is 6.07 Å². The lowest BCUT2D eigenvalue weighted by molar-refractivity contribution is -0.147. The first-order valence-corrected chi connectivity index (χ1v) is 6.10. The van der Waals surface area contributed by atoms with Gasteiger partial charge in [-0.25, -0.2) is 0 Å². The fraction of sp³-hybridized carbons (Fsp3) is 0.357. The van der Waals surface area contributed by atoms with E-state index >= 15 is 0 Å². The smallest absolute Gasteiger partial charge is 0.308 e. The highest BCUT2D eigenvalue weighted by molar-refractivity contribution is 5.80. The molecule has 0 bridgehead atoms. The maximum Gasteiger partial charge on any atom is 0.308 e. The summed E-state index contributed by atoms with van der Waals surface area (Å²) >= 11 is 0. The molecule has 0 radical (unpaired) electrons. The second-order valence-corrected chi connectivity index (χ2v) is 4.62. The van der Waals surface area contributed by atoms with Crippen molar-refractivity contribution in [3.05, 3.63) is 35.4 Å². The van der Waals surface area contributed by atoms with E-state index in [1.54, 1.807) is 24.3 Å². The molecule has 1 atom stereocenters. The minimum Gasteiger partial charge on any atom is -0.481 e. The van der Waals surface area contributed by atoms with E-state index in [1.165, 1.54) is 4.90 Å². The maximum absolute atomic E-state index is 11.8. The van der Waals surface area contributed by atoms with Crippen LogP contribution in [0.5, 0.6) is 0 Å². The minimum atomic E-state index is -0.869. The summed E-state index contributed by atoms with van der Waals surface area (Å²) in [5.41, 5.74) is 1.28. The summed E-state index contributed by atoms with van der Waals surface area (Å²) in [7, 11) is 0. The summed E-state index contributed by atoms with van der Waals surface area (Å²) in [4.78, 5) is 24.3. The van der Waals surface area contributed by atoms with Gasteiger partial charge in [0.1, 0.15) is 0 Å². The molecule has 1 amide bonds. The van der Waals surface area contributed by atoms with Gasteiger partial charge in [-0.1, -0.05) is 18.2 Å². The predicted molar refractivity (Wildman–Crippen MR) is 66.9 cm³/mol. The van der Waals surface area contributed by atoms with Gasteiger partial charge in [-0.05, 0) is 18.1 Å². The quantitative estimate of drug-likeness (QED) is 0.888. The number of hydrogen-bond donors (Lipinski definition) is 1. The van der Waals surface area contributed by atoms with Crippen LogP contribution >= 0.6 is 0 Å². The van der Waals surface area contributed by atoms with Crippen LogP contribution in [0.3, 0.4) is 0 Å². The van der Waals surface area contributed by atoms with Crippen LogP contribution < -0.4 is 0 Å². The molecule has 1 saturated heterocycles. The summed E-state index contributed by atoms with van der Waals surface area (Å²) in [6, 6.07) is 9.13. The van der Waals surface area contributed by atoms with Crippen molar-refractivity contribution in [1.82, 2.24) is 4.90 Å². The van der Waals surface area contributed by atoms with E-state index in [2.05, 4.69) is 6.07 Å². The zero-order valence-corrected chi connectivity index (χ0v) is 10.4. The van der Waals surface area contributed by atoms with Crippen LogP contribution in [0.2, 0.25) is 0 Å². The van der Waals surface area contributed by atoms with Gasteiger partial charge in [0.15, 0.2) is 0 Å². The van der Waals surface area contributed by atoms with Crippen LogP contribution in [0.1, 0.15) is 24.0 Å². The third-order valence-electron chi connectivity index (χ3n) is 3.35. The molecule has 98 valence electrons. The van der Waals surface area contributed by atoms with Crippen molar-refractivity contribution in [2.75, 3.05) is 6.54 Å². The Morgan fingerprint density at radius 2 is 2.21 bits per heavy atom. The third-order valence-corrected chi connectivity index (χ3v) is 3.35. The van der Waals surface area contributed by atoms with Crippen LogP contribution in [-0.2, 0) is 16.1 Å². The Morgan fingerprint density at radius 3 is 2.89 bits per heavy atom. The Bertz CT molecular complexity index is 548. The van der Waals surface area contributed by atoms with Crippen molar-refractivity contribution in [1.29, 1.82) is 5.26 Å². The number of piperidine rings is 1. The molecule has 0 saturated carbocycles. The van der Waals surface area contributed by atoms with Crippen molar-refractivity contribution in [2.24, 2.45) is 5.92 Å². The normalized spacial score (nSPS) is 19.0. The van der Waals surface area contributed by atoms with Crippen molar-refractivity contribution in [2.45, 2.75) is 19.4 Å². The van der Waals surface area contributed by atoms with Gasteiger partial charge in [-0.2, -0.15) is 5.26 Å². The highest BCUT2D eigenvalue weighted by atomic mass is 16.4. The van der Waals surface area contributed by atoms with Gasteiger partial charge >= 0.3 is 5.97 Å². The average molecular weight is 258 g/mol. The number of carboxylic acid groups (broad SMARTS) is 1. The highest BCUT2D eigenvalue weighted by Crippen LogP contribution is 2.21. The lowest BCUT2D eigenvalue weighted by atomic mass is 9.97. The first kappa shape index (κ1) is 13.1.